The topological polar surface area (TPSA) is 24.5 Å². The van der Waals surface area contributed by atoms with Gasteiger partial charge in [-0.1, -0.05) is 33.6 Å². The molecule has 1 aromatic rings. The van der Waals surface area contributed by atoms with Crippen molar-refractivity contribution in [2.75, 3.05) is 32.8 Å². The molecule has 106 valence electrons. The van der Waals surface area contributed by atoms with E-state index in [0.29, 0.717) is 6.04 Å². The summed E-state index contributed by atoms with van der Waals surface area (Å²) in [5, 5.41) is 3.60. The average Bonchev–Trinajstić information content (AvgIpc) is 2.41. The summed E-state index contributed by atoms with van der Waals surface area (Å²) in [6.07, 6.45) is 0. The summed E-state index contributed by atoms with van der Waals surface area (Å²) in [4.78, 5) is 2.46. The Hall–Kier alpha value is -0.420. The molecular weight excluding hydrogens is 304 g/mol. The number of nitrogens with zero attached hydrogens (tertiary/aromatic N) is 1. The van der Waals surface area contributed by atoms with Gasteiger partial charge in [0.05, 0.1) is 13.2 Å². The fourth-order valence-electron chi connectivity index (χ4n) is 2.36. The molecule has 0 saturated carbocycles. The molecule has 0 aromatic heterocycles. The van der Waals surface area contributed by atoms with E-state index in [9.17, 15) is 0 Å². The van der Waals surface area contributed by atoms with Crippen molar-refractivity contribution in [1.29, 1.82) is 0 Å². The van der Waals surface area contributed by atoms with Crippen LogP contribution in [0.15, 0.2) is 22.7 Å². The van der Waals surface area contributed by atoms with Gasteiger partial charge in [-0.25, -0.2) is 0 Å². The molecule has 3 nitrogen and oxygen atoms in total. The number of morpholine rings is 1. The van der Waals surface area contributed by atoms with Crippen LogP contribution in [0.4, 0.5) is 0 Å². The predicted molar refractivity (Wildman–Crippen MR) is 82.4 cm³/mol. The number of nitrogens with one attached hydrogen (secondary N) is 1. The molecule has 1 aliphatic heterocycles. The Balaban J connectivity index is 1.79. The van der Waals surface area contributed by atoms with Gasteiger partial charge >= 0.3 is 0 Å². The van der Waals surface area contributed by atoms with Gasteiger partial charge in [0, 0.05) is 36.7 Å². The Morgan fingerprint density at radius 1 is 1.37 bits per heavy atom. The summed E-state index contributed by atoms with van der Waals surface area (Å²) in [5.74, 6) is 0. The summed E-state index contributed by atoms with van der Waals surface area (Å²) in [7, 11) is 0. The summed E-state index contributed by atoms with van der Waals surface area (Å²) < 4.78 is 6.56. The summed E-state index contributed by atoms with van der Waals surface area (Å²) >= 11 is 3.61. The summed E-state index contributed by atoms with van der Waals surface area (Å²) in [6.45, 7) is 10.2. The second-order valence-electron chi connectivity index (χ2n) is 5.29. The number of hydrogen-bond acceptors (Lipinski definition) is 3. The van der Waals surface area contributed by atoms with Gasteiger partial charge in [0.15, 0.2) is 0 Å². The molecule has 0 amide bonds. The number of benzene rings is 1. The Kier molecular flexibility index (Phi) is 5.82. The van der Waals surface area contributed by atoms with E-state index < -0.39 is 0 Å². The molecule has 0 aliphatic carbocycles. The van der Waals surface area contributed by atoms with Gasteiger partial charge in [-0.3, -0.25) is 4.90 Å². The van der Waals surface area contributed by atoms with Gasteiger partial charge in [-0.2, -0.15) is 0 Å². The van der Waals surface area contributed by atoms with E-state index in [0.717, 1.165) is 39.4 Å². The van der Waals surface area contributed by atoms with Crippen LogP contribution in [0.2, 0.25) is 0 Å². The first-order valence-electron chi connectivity index (χ1n) is 6.93. The fourth-order valence-corrected chi connectivity index (χ4v) is 2.75. The predicted octanol–water partition coefficient (Wildman–Crippen LogP) is 2.57. The van der Waals surface area contributed by atoms with Crippen molar-refractivity contribution in [1.82, 2.24) is 10.2 Å². The van der Waals surface area contributed by atoms with Gasteiger partial charge in [-0.05, 0) is 25.5 Å². The van der Waals surface area contributed by atoms with Crippen molar-refractivity contribution in [2.24, 2.45) is 0 Å². The Morgan fingerprint density at radius 2 is 2.11 bits per heavy atom. The van der Waals surface area contributed by atoms with Gasteiger partial charge in [-0.15, -0.1) is 0 Å². The normalized spacial score (nSPS) is 18.5. The van der Waals surface area contributed by atoms with E-state index in [1.807, 2.05) is 0 Å². The van der Waals surface area contributed by atoms with Crippen LogP contribution >= 0.6 is 15.9 Å². The minimum absolute atomic E-state index is 0.491. The molecule has 1 N–H and O–H groups in total. The van der Waals surface area contributed by atoms with Gasteiger partial charge < -0.3 is 10.1 Å². The van der Waals surface area contributed by atoms with Crippen LogP contribution in [-0.4, -0.2) is 43.8 Å². The standard InChI is InChI=1S/C15H23BrN2O/c1-12-3-4-15(16)14(9-12)10-17-13(2)11-18-5-7-19-8-6-18/h3-4,9,13,17H,5-8,10-11H2,1-2H3. The molecule has 0 spiro atoms. The zero-order valence-corrected chi connectivity index (χ0v) is 13.4. The van der Waals surface area contributed by atoms with E-state index in [1.54, 1.807) is 0 Å². The monoisotopic (exact) mass is 326 g/mol. The molecule has 0 bridgehead atoms. The molecule has 1 aliphatic rings. The largest absolute Gasteiger partial charge is 0.379 e. The molecule has 0 radical (unpaired) electrons. The lowest BCUT2D eigenvalue weighted by atomic mass is 10.1. The first-order chi connectivity index (χ1) is 9.15. The van der Waals surface area contributed by atoms with Crippen LogP contribution in [0, 0.1) is 6.92 Å². The third-order valence-corrected chi connectivity index (χ3v) is 4.25. The van der Waals surface area contributed by atoms with Crippen LogP contribution < -0.4 is 5.32 Å². The molecule has 1 aromatic carbocycles. The van der Waals surface area contributed by atoms with Crippen molar-refractivity contribution in [3.63, 3.8) is 0 Å². The highest BCUT2D eigenvalue weighted by molar-refractivity contribution is 9.10. The first kappa shape index (κ1) is 15.0. The van der Waals surface area contributed by atoms with Gasteiger partial charge in [0.25, 0.3) is 0 Å². The zero-order valence-electron chi connectivity index (χ0n) is 11.8. The van der Waals surface area contributed by atoms with Crippen molar-refractivity contribution < 1.29 is 4.74 Å². The van der Waals surface area contributed by atoms with Crippen LogP contribution in [-0.2, 0) is 11.3 Å². The van der Waals surface area contributed by atoms with Crippen molar-refractivity contribution in [3.8, 4) is 0 Å². The minimum atomic E-state index is 0.491. The second-order valence-corrected chi connectivity index (χ2v) is 6.14. The lowest BCUT2D eigenvalue weighted by Gasteiger charge is -2.29. The Bertz CT molecular complexity index is 405. The number of rotatable bonds is 5. The molecule has 1 fully saturated rings. The SMILES string of the molecule is Cc1ccc(Br)c(CNC(C)CN2CCOCC2)c1. The molecule has 1 saturated heterocycles. The number of ether oxygens (including phenoxy) is 1. The maximum absolute atomic E-state index is 5.37. The van der Waals surface area contributed by atoms with Crippen LogP contribution in [0.3, 0.4) is 0 Å². The highest BCUT2D eigenvalue weighted by Gasteiger charge is 2.13. The first-order valence-corrected chi connectivity index (χ1v) is 7.73. The van der Waals surface area contributed by atoms with Crippen molar-refractivity contribution >= 4 is 15.9 Å². The molecule has 1 heterocycles. The third kappa shape index (κ3) is 4.88. The number of aryl methyl sites for hydroxylation is 1. The molecule has 1 atom stereocenters. The number of hydrogen-bond donors (Lipinski definition) is 1. The highest BCUT2D eigenvalue weighted by atomic mass is 79.9. The van der Waals surface area contributed by atoms with E-state index >= 15 is 0 Å². The third-order valence-electron chi connectivity index (χ3n) is 3.48. The number of halogens is 1. The highest BCUT2D eigenvalue weighted by Crippen LogP contribution is 2.18. The van der Waals surface area contributed by atoms with Crippen LogP contribution in [0.5, 0.6) is 0 Å². The lowest BCUT2D eigenvalue weighted by molar-refractivity contribution is 0.0343. The average molecular weight is 327 g/mol. The van der Waals surface area contributed by atoms with Gasteiger partial charge in [0.1, 0.15) is 0 Å². The smallest absolute Gasteiger partial charge is 0.0594 e. The maximum Gasteiger partial charge on any atom is 0.0594 e. The summed E-state index contributed by atoms with van der Waals surface area (Å²) in [5.41, 5.74) is 2.63. The fraction of sp³-hybridized carbons (Fsp3) is 0.600. The molecule has 2 rings (SSSR count). The van der Waals surface area contributed by atoms with E-state index in [2.05, 4.69) is 58.2 Å². The molecule has 4 heteroatoms. The Morgan fingerprint density at radius 3 is 2.84 bits per heavy atom. The van der Waals surface area contributed by atoms with Crippen molar-refractivity contribution in [2.45, 2.75) is 26.4 Å². The van der Waals surface area contributed by atoms with E-state index in [1.165, 1.54) is 15.6 Å². The van der Waals surface area contributed by atoms with E-state index in [4.69, 9.17) is 4.74 Å². The maximum atomic E-state index is 5.37. The van der Waals surface area contributed by atoms with Crippen molar-refractivity contribution in [3.05, 3.63) is 33.8 Å². The van der Waals surface area contributed by atoms with Crippen LogP contribution in [0.1, 0.15) is 18.1 Å². The molecular formula is C15H23BrN2O. The quantitative estimate of drug-likeness (QED) is 0.900. The molecule has 1 unspecified atom stereocenters. The van der Waals surface area contributed by atoms with Crippen LogP contribution in [0.25, 0.3) is 0 Å². The van der Waals surface area contributed by atoms with Gasteiger partial charge in [0.2, 0.25) is 0 Å². The van der Waals surface area contributed by atoms with E-state index in [-0.39, 0.29) is 0 Å². The molecule has 19 heavy (non-hydrogen) atoms. The minimum Gasteiger partial charge on any atom is -0.379 e. The second kappa shape index (κ2) is 7.39. The zero-order chi connectivity index (χ0) is 13.7. The lowest BCUT2D eigenvalue weighted by Crippen LogP contribution is -2.44. The Labute approximate surface area is 124 Å². The summed E-state index contributed by atoms with van der Waals surface area (Å²) in [6, 6.07) is 6.98.